The monoisotopic (exact) mass is 287 g/mol. The van der Waals surface area contributed by atoms with E-state index >= 15 is 0 Å². The lowest BCUT2D eigenvalue weighted by Crippen LogP contribution is -2.31. The average molecular weight is 287 g/mol. The Morgan fingerprint density at radius 1 is 1.00 bits per heavy atom. The van der Waals surface area contributed by atoms with Crippen LogP contribution < -0.4 is 0 Å². The average Bonchev–Trinajstić information content (AvgIpc) is 2.86. The molecular formula is C21H21N. The Hall–Kier alpha value is -1.89. The predicted molar refractivity (Wildman–Crippen MR) is 92.4 cm³/mol. The normalized spacial score (nSPS) is 28.4. The highest BCUT2D eigenvalue weighted by atomic mass is 14.7. The molecule has 2 aliphatic rings. The Morgan fingerprint density at radius 3 is 2.68 bits per heavy atom. The fourth-order valence-corrected chi connectivity index (χ4v) is 5.32. The summed E-state index contributed by atoms with van der Waals surface area (Å²) in [6, 6.07) is 13.5. The first-order valence-corrected chi connectivity index (χ1v) is 8.35. The number of pyridine rings is 1. The number of rotatable bonds is 0. The third kappa shape index (κ3) is 1.21. The van der Waals surface area contributed by atoms with Crippen molar-refractivity contribution >= 4 is 21.7 Å². The first-order valence-electron chi connectivity index (χ1n) is 8.35. The minimum Gasteiger partial charge on any atom is -0.256 e. The highest BCUT2D eigenvalue weighted by Crippen LogP contribution is 2.68. The van der Waals surface area contributed by atoms with Gasteiger partial charge in [-0.25, -0.2) is 0 Å². The van der Waals surface area contributed by atoms with Crippen LogP contribution in [-0.4, -0.2) is 4.98 Å². The van der Waals surface area contributed by atoms with E-state index in [-0.39, 0.29) is 0 Å². The summed E-state index contributed by atoms with van der Waals surface area (Å²) in [6.07, 6.45) is 4.57. The molecule has 1 aromatic heterocycles. The van der Waals surface area contributed by atoms with Crippen molar-refractivity contribution in [1.29, 1.82) is 0 Å². The SMILES string of the molecule is CC12CC[C@H](c3c1ccc1c3ccc3cccnc31)C2(C)C. The van der Waals surface area contributed by atoms with Gasteiger partial charge in [-0.1, -0.05) is 51.1 Å². The van der Waals surface area contributed by atoms with Crippen molar-refractivity contribution in [2.75, 3.05) is 0 Å². The predicted octanol–water partition coefficient (Wildman–Crippen LogP) is 5.56. The minimum absolute atomic E-state index is 0.334. The van der Waals surface area contributed by atoms with Gasteiger partial charge in [-0.2, -0.15) is 0 Å². The Labute approximate surface area is 131 Å². The largest absolute Gasteiger partial charge is 0.256 e. The molecule has 2 bridgehead atoms. The Morgan fingerprint density at radius 2 is 1.82 bits per heavy atom. The molecule has 1 heteroatoms. The summed E-state index contributed by atoms with van der Waals surface area (Å²) in [6.45, 7) is 7.41. The number of nitrogens with zero attached hydrogens (tertiary/aromatic N) is 1. The number of fused-ring (bicyclic) bond motifs is 9. The molecule has 5 rings (SSSR count). The zero-order valence-electron chi connectivity index (χ0n) is 13.5. The van der Waals surface area contributed by atoms with Gasteiger partial charge in [0.25, 0.3) is 0 Å². The highest BCUT2D eigenvalue weighted by molar-refractivity contribution is 6.07. The first kappa shape index (κ1) is 12.6. The molecule has 0 amide bonds. The molecule has 1 unspecified atom stereocenters. The van der Waals surface area contributed by atoms with Crippen LogP contribution in [0.15, 0.2) is 42.6 Å². The summed E-state index contributed by atoms with van der Waals surface area (Å²) < 4.78 is 0. The molecule has 0 spiro atoms. The molecule has 0 aliphatic heterocycles. The lowest BCUT2D eigenvalue weighted by atomic mass is 9.69. The van der Waals surface area contributed by atoms with E-state index in [9.17, 15) is 0 Å². The van der Waals surface area contributed by atoms with E-state index in [0.29, 0.717) is 16.7 Å². The second-order valence-electron chi connectivity index (χ2n) is 7.91. The van der Waals surface area contributed by atoms with Crippen molar-refractivity contribution in [2.24, 2.45) is 5.41 Å². The molecule has 0 saturated heterocycles. The summed E-state index contributed by atoms with van der Waals surface area (Å²) in [4.78, 5) is 4.65. The molecule has 1 fully saturated rings. The van der Waals surface area contributed by atoms with Gasteiger partial charge in [0, 0.05) is 17.0 Å². The second-order valence-corrected chi connectivity index (χ2v) is 7.91. The van der Waals surface area contributed by atoms with E-state index < -0.39 is 0 Å². The summed E-state index contributed by atoms with van der Waals surface area (Å²) in [5, 5.41) is 4.00. The van der Waals surface area contributed by atoms with E-state index in [0.717, 1.165) is 5.52 Å². The van der Waals surface area contributed by atoms with Gasteiger partial charge in [0.15, 0.2) is 0 Å². The topological polar surface area (TPSA) is 12.9 Å². The number of benzene rings is 2. The molecule has 22 heavy (non-hydrogen) atoms. The second kappa shape index (κ2) is 3.71. The van der Waals surface area contributed by atoms with Crippen LogP contribution in [-0.2, 0) is 5.41 Å². The van der Waals surface area contributed by atoms with Gasteiger partial charge in [0.2, 0.25) is 0 Å². The zero-order chi connectivity index (χ0) is 15.1. The van der Waals surface area contributed by atoms with Gasteiger partial charge in [-0.05, 0) is 52.2 Å². The lowest BCUT2D eigenvalue weighted by Gasteiger charge is -2.35. The van der Waals surface area contributed by atoms with Crippen LogP contribution >= 0.6 is 0 Å². The van der Waals surface area contributed by atoms with E-state index in [1.807, 2.05) is 12.3 Å². The fraction of sp³-hybridized carbons (Fsp3) is 0.381. The first-order chi connectivity index (χ1) is 10.5. The van der Waals surface area contributed by atoms with Crippen LogP contribution in [0.1, 0.15) is 50.7 Å². The molecule has 1 nitrogen and oxygen atoms in total. The van der Waals surface area contributed by atoms with Crippen LogP contribution in [0.2, 0.25) is 0 Å². The van der Waals surface area contributed by atoms with Gasteiger partial charge in [0.1, 0.15) is 0 Å². The van der Waals surface area contributed by atoms with Crippen LogP contribution in [0.4, 0.5) is 0 Å². The fourth-order valence-electron chi connectivity index (χ4n) is 5.32. The number of aromatic nitrogens is 1. The van der Waals surface area contributed by atoms with Gasteiger partial charge >= 0.3 is 0 Å². The van der Waals surface area contributed by atoms with Crippen molar-refractivity contribution in [3.05, 3.63) is 53.7 Å². The highest BCUT2D eigenvalue weighted by Gasteiger charge is 2.59. The van der Waals surface area contributed by atoms with Gasteiger partial charge < -0.3 is 0 Å². The third-order valence-electron chi connectivity index (χ3n) is 6.98. The van der Waals surface area contributed by atoms with Crippen molar-refractivity contribution in [2.45, 2.75) is 44.9 Å². The molecule has 1 heterocycles. The third-order valence-corrected chi connectivity index (χ3v) is 6.98. The minimum atomic E-state index is 0.334. The molecule has 0 N–H and O–H groups in total. The van der Waals surface area contributed by atoms with E-state index in [1.165, 1.54) is 29.0 Å². The summed E-state index contributed by atoms with van der Waals surface area (Å²) >= 11 is 0. The molecule has 2 aliphatic carbocycles. The molecule has 2 aromatic carbocycles. The summed E-state index contributed by atoms with van der Waals surface area (Å²) in [5.74, 6) is 0.692. The van der Waals surface area contributed by atoms with Crippen LogP contribution in [0, 0.1) is 5.41 Å². The zero-order valence-corrected chi connectivity index (χ0v) is 13.5. The Balaban J connectivity index is 1.94. The Kier molecular flexibility index (Phi) is 2.13. The molecule has 3 aromatic rings. The van der Waals surface area contributed by atoms with Crippen LogP contribution in [0.5, 0.6) is 0 Å². The quantitative estimate of drug-likeness (QED) is 0.493. The van der Waals surface area contributed by atoms with Crippen molar-refractivity contribution in [1.82, 2.24) is 4.98 Å². The maximum Gasteiger partial charge on any atom is 0.0780 e. The van der Waals surface area contributed by atoms with Crippen LogP contribution in [0.25, 0.3) is 21.7 Å². The summed E-state index contributed by atoms with van der Waals surface area (Å²) in [5.41, 5.74) is 5.05. The van der Waals surface area contributed by atoms with Crippen molar-refractivity contribution in [3.8, 4) is 0 Å². The maximum atomic E-state index is 4.65. The molecular weight excluding hydrogens is 266 g/mol. The van der Waals surface area contributed by atoms with E-state index in [2.05, 4.69) is 56.1 Å². The maximum absolute atomic E-state index is 4.65. The number of hydrogen-bond acceptors (Lipinski definition) is 1. The van der Waals surface area contributed by atoms with Crippen LogP contribution in [0.3, 0.4) is 0 Å². The smallest absolute Gasteiger partial charge is 0.0780 e. The standard InChI is InChI=1S/C21H21N/c1-20(2)16-10-11-21(20,3)17-9-8-15-14(18(16)17)7-6-13-5-4-12-22-19(13)15/h4-9,12,16H,10-11H2,1-3H3/t16-,21?/m1/s1. The summed E-state index contributed by atoms with van der Waals surface area (Å²) in [7, 11) is 0. The Bertz CT molecular complexity index is 937. The molecule has 1 saturated carbocycles. The van der Waals surface area contributed by atoms with Gasteiger partial charge in [-0.15, -0.1) is 0 Å². The van der Waals surface area contributed by atoms with Gasteiger partial charge in [-0.3, -0.25) is 4.98 Å². The molecule has 2 atom stereocenters. The van der Waals surface area contributed by atoms with Gasteiger partial charge in [0.05, 0.1) is 5.52 Å². The van der Waals surface area contributed by atoms with E-state index in [4.69, 9.17) is 0 Å². The van der Waals surface area contributed by atoms with Crippen molar-refractivity contribution < 1.29 is 0 Å². The number of hydrogen-bond donors (Lipinski definition) is 0. The molecule has 0 radical (unpaired) electrons. The lowest BCUT2D eigenvalue weighted by molar-refractivity contribution is 0.231. The van der Waals surface area contributed by atoms with Crippen molar-refractivity contribution in [3.63, 3.8) is 0 Å². The molecule has 110 valence electrons. The van der Waals surface area contributed by atoms with E-state index in [1.54, 1.807) is 11.1 Å².